The molecule has 2 rings (SSSR count). The summed E-state index contributed by atoms with van der Waals surface area (Å²) < 4.78 is 5.29. The van der Waals surface area contributed by atoms with Gasteiger partial charge in [-0.3, -0.25) is 0 Å². The first-order valence-electron chi connectivity index (χ1n) is 6.86. The molecule has 1 N–H and O–H groups in total. The largest absolute Gasteiger partial charge is 0.497 e. The Morgan fingerprint density at radius 2 is 1.95 bits per heavy atom. The summed E-state index contributed by atoms with van der Waals surface area (Å²) in [5.74, 6) is 0.896. The SMILES string of the molecule is CCC(NC)c1ccccc1Sc1cccc(OC)c1. The summed E-state index contributed by atoms with van der Waals surface area (Å²) in [6.45, 7) is 2.20. The Morgan fingerprint density at radius 1 is 1.15 bits per heavy atom. The van der Waals surface area contributed by atoms with Crippen molar-refractivity contribution in [2.45, 2.75) is 29.2 Å². The Hall–Kier alpha value is -1.45. The van der Waals surface area contributed by atoms with Crippen molar-refractivity contribution >= 4 is 11.8 Å². The molecule has 0 spiro atoms. The van der Waals surface area contributed by atoms with Crippen LogP contribution >= 0.6 is 11.8 Å². The summed E-state index contributed by atoms with van der Waals surface area (Å²) in [6, 6.07) is 17.2. The number of nitrogens with one attached hydrogen (secondary N) is 1. The van der Waals surface area contributed by atoms with Gasteiger partial charge >= 0.3 is 0 Å². The summed E-state index contributed by atoms with van der Waals surface area (Å²) in [7, 11) is 3.72. The van der Waals surface area contributed by atoms with Crippen LogP contribution in [0.3, 0.4) is 0 Å². The number of benzene rings is 2. The zero-order valence-corrected chi connectivity index (χ0v) is 13.0. The predicted octanol–water partition coefficient (Wildman–Crippen LogP) is 4.52. The third kappa shape index (κ3) is 3.56. The smallest absolute Gasteiger partial charge is 0.119 e. The van der Waals surface area contributed by atoms with Crippen molar-refractivity contribution in [3.63, 3.8) is 0 Å². The Labute approximate surface area is 125 Å². The molecule has 0 amide bonds. The summed E-state index contributed by atoms with van der Waals surface area (Å²) in [4.78, 5) is 2.49. The first-order chi connectivity index (χ1) is 9.78. The molecule has 2 aromatic carbocycles. The summed E-state index contributed by atoms with van der Waals surface area (Å²) in [6.07, 6.45) is 1.08. The maximum absolute atomic E-state index is 5.29. The van der Waals surface area contributed by atoms with Crippen molar-refractivity contribution in [3.05, 3.63) is 54.1 Å². The van der Waals surface area contributed by atoms with Gasteiger partial charge in [0.1, 0.15) is 5.75 Å². The molecular weight excluding hydrogens is 266 g/mol. The van der Waals surface area contributed by atoms with Crippen molar-refractivity contribution in [2.24, 2.45) is 0 Å². The van der Waals surface area contributed by atoms with E-state index < -0.39 is 0 Å². The van der Waals surface area contributed by atoms with E-state index in [1.807, 2.05) is 19.2 Å². The minimum Gasteiger partial charge on any atom is -0.497 e. The molecule has 3 heteroatoms. The van der Waals surface area contributed by atoms with E-state index in [4.69, 9.17) is 4.74 Å². The summed E-state index contributed by atoms with van der Waals surface area (Å²) in [5, 5.41) is 3.38. The first-order valence-corrected chi connectivity index (χ1v) is 7.68. The van der Waals surface area contributed by atoms with Gasteiger partial charge in [0, 0.05) is 15.8 Å². The van der Waals surface area contributed by atoms with E-state index in [-0.39, 0.29) is 0 Å². The topological polar surface area (TPSA) is 21.3 Å². The lowest BCUT2D eigenvalue weighted by atomic mass is 10.1. The second-order valence-corrected chi connectivity index (χ2v) is 5.68. The van der Waals surface area contributed by atoms with Gasteiger partial charge in [0.2, 0.25) is 0 Å². The molecule has 0 aliphatic heterocycles. The van der Waals surface area contributed by atoms with Crippen LogP contribution in [0, 0.1) is 0 Å². The average Bonchev–Trinajstić information content (AvgIpc) is 2.50. The molecule has 0 aromatic heterocycles. The average molecular weight is 287 g/mol. The van der Waals surface area contributed by atoms with Crippen molar-refractivity contribution < 1.29 is 4.74 Å². The highest BCUT2D eigenvalue weighted by Crippen LogP contribution is 2.35. The second-order valence-electron chi connectivity index (χ2n) is 4.57. The summed E-state index contributed by atoms with van der Waals surface area (Å²) in [5.41, 5.74) is 1.35. The second kappa shape index (κ2) is 7.36. The molecule has 0 heterocycles. The minimum atomic E-state index is 0.393. The van der Waals surface area contributed by atoms with Crippen LogP contribution < -0.4 is 10.1 Å². The predicted molar refractivity (Wildman–Crippen MR) is 85.7 cm³/mol. The highest BCUT2D eigenvalue weighted by atomic mass is 32.2. The molecule has 1 atom stereocenters. The van der Waals surface area contributed by atoms with E-state index in [1.54, 1.807) is 18.9 Å². The zero-order chi connectivity index (χ0) is 14.4. The van der Waals surface area contributed by atoms with E-state index in [1.165, 1.54) is 15.4 Å². The maximum atomic E-state index is 5.29. The fourth-order valence-corrected chi connectivity index (χ4v) is 3.28. The van der Waals surface area contributed by atoms with Gasteiger partial charge in [-0.15, -0.1) is 0 Å². The van der Waals surface area contributed by atoms with Crippen LogP contribution in [0.25, 0.3) is 0 Å². The molecular formula is C17H21NOS. The van der Waals surface area contributed by atoms with Crippen LogP contribution in [0.15, 0.2) is 58.3 Å². The number of hydrogen-bond donors (Lipinski definition) is 1. The molecule has 0 fully saturated rings. The van der Waals surface area contributed by atoms with E-state index in [0.29, 0.717) is 6.04 Å². The molecule has 106 valence electrons. The molecule has 0 saturated carbocycles. The van der Waals surface area contributed by atoms with Gasteiger partial charge in [-0.1, -0.05) is 43.0 Å². The van der Waals surface area contributed by atoms with Gasteiger partial charge in [-0.2, -0.15) is 0 Å². The van der Waals surface area contributed by atoms with Crippen molar-refractivity contribution in [1.29, 1.82) is 0 Å². The molecule has 20 heavy (non-hydrogen) atoms. The van der Waals surface area contributed by atoms with Crippen LogP contribution in [0.2, 0.25) is 0 Å². The van der Waals surface area contributed by atoms with Crippen LogP contribution in [0.4, 0.5) is 0 Å². The third-order valence-corrected chi connectivity index (χ3v) is 4.40. The van der Waals surface area contributed by atoms with Crippen LogP contribution in [0.1, 0.15) is 24.9 Å². The molecule has 0 saturated heterocycles. The zero-order valence-electron chi connectivity index (χ0n) is 12.2. The van der Waals surface area contributed by atoms with Gasteiger partial charge in [0.15, 0.2) is 0 Å². The summed E-state index contributed by atoms with van der Waals surface area (Å²) >= 11 is 1.78. The monoisotopic (exact) mass is 287 g/mol. The number of rotatable bonds is 6. The highest BCUT2D eigenvalue weighted by Gasteiger charge is 2.12. The lowest BCUT2D eigenvalue weighted by Crippen LogP contribution is -2.15. The van der Waals surface area contributed by atoms with Gasteiger partial charge in [-0.25, -0.2) is 0 Å². The Bertz CT molecular complexity index is 552. The molecule has 2 nitrogen and oxygen atoms in total. The first kappa shape index (κ1) is 14.9. The standard InChI is InChI=1S/C17H21NOS/c1-4-16(18-2)15-10-5-6-11-17(15)20-14-9-7-8-13(12-14)19-3/h5-12,16,18H,4H2,1-3H3. The van der Waals surface area contributed by atoms with Crippen molar-refractivity contribution in [3.8, 4) is 5.75 Å². The molecule has 2 aromatic rings. The van der Waals surface area contributed by atoms with Crippen LogP contribution in [-0.2, 0) is 0 Å². The fraction of sp³-hybridized carbons (Fsp3) is 0.294. The van der Waals surface area contributed by atoms with Crippen LogP contribution in [-0.4, -0.2) is 14.2 Å². The Morgan fingerprint density at radius 3 is 2.65 bits per heavy atom. The third-order valence-electron chi connectivity index (χ3n) is 3.32. The van der Waals surface area contributed by atoms with Gasteiger partial charge in [-0.05, 0) is 43.3 Å². The van der Waals surface area contributed by atoms with E-state index >= 15 is 0 Å². The van der Waals surface area contributed by atoms with Gasteiger partial charge in [0.25, 0.3) is 0 Å². The molecule has 0 bridgehead atoms. The fourth-order valence-electron chi connectivity index (χ4n) is 2.23. The van der Waals surface area contributed by atoms with Crippen LogP contribution in [0.5, 0.6) is 5.75 Å². The van der Waals surface area contributed by atoms with E-state index in [0.717, 1.165) is 12.2 Å². The minimum absolute atomic E-state index is 0.393. The number of hydrogen-bond acceptors (Lipinski definition) is 3. The molecule has 1 unspecified atom stereocenters. The lowest BCUT2D eigenvalue weighted by Gasteiger charge is -2.18. The van der Waals surface area contributed by atoms with E-state index in [9.17, 15) is 0 Å². The Kier molecular flexibility index (Phi) is 5.50. The lowest BCUT2D eigenvalue weighted by molar-refractivity contribution is 0.413. The maximum Gasteiger partial charge on any atom is 0.119 e. The number of ether oxygens (including phenoxy) is 1. The van der Waals surface area contributed by atoms with Gasteiger partial charge < -0.3 is 10.1 Å². The van der Waals surface area contributed by atoms with Gasteiger partial charge in [0.05, 0.1) is 7.11 Å². The quantitative estimate of drug-likeness (QED) is 0.844. The number of methoxy groups -OCH3 is 1. The van der Waals surface area contributed by atoms with E-state index in [2.05, 4.69) is 48.6 Å². The van der Waals surface area contributed by atoms with Crippen molar-refractivity contribution in [1.82, 2.24) is 5.32 Å². The molecule has 0 radical (unpaired) electrons. The van der Waals surface area contributed by atoms with Crippen molar-refractivity contribution in [2.75, 3.05) is 14.2 Å². The normalized spacial score (nSPS) is 12.2. The molecule has 0 aliphatic carbocycles. The molecule has 0 aliphatic rings. The highest BCUT2D eigenvalue weighted by molar-refractivity contribution is 7.99. The Balaban J connectivity index is 2.28.